The van der Waals surface area contributed by atoms with Gasteiger partial charge >= 0.3 is 6.18 Å². The summed E-state index contributed by atoms with van der Waals surface area (Å²) in [5, 5.41) is 1.14. The van der Waals surface area contributed by atoms with Crippen LogP contribution in [0.1, 0.15) is 46.7 Å². The van der Waals surface area contributed by atoms with Crippen molar-refractivity contribution in [1.82, 2.24) is 0 Å². The van der Waals surface area contributed by atoms with Crippen LogP contribution < -0.4 is 0 Å². The fourth-order valence-corrected chi connectivity index (χ4v) is 4.13. The molecule has 4 rings (SSSR count). The van der Waals surface area contributed by atoms with Gasteiger partial charge in [-0.25, -0.2) is 8.78 Å². The minimum absolute atomic E-state index is 0.0335. The Kier molecular flexibility index (Phi) is 8.08. The monoisotopic (exact) mass is 504 g/mol. The molecule has 4 aromatic carbocycles. The van der Waals surface area contributed by atoms with Crippen LogP contribution in [-0.2, 0) is 25.4 Å². The van der Waals surface area contributed by atoms with Crippen LogP contribution in [0.4, 0.5) is 22.0 Å². The zero-order valence-electron chi connectivity index (χ0n) is 20.3. The van der Waals surface area contributed by atoms with Crippen molar-refractivity contribution in [2.75, 3.05) is 0 Å². The third-order valence-corrected chi connectivity index (χ3v) is 6.20. The van der Waals surface area contributed by atoms with E-state index in [1.54, 1.807) is 12.1 Å². The van der Waals surface area contributed by atoms with Gasteiger partial charge in [0.2, 0.25) is 0 Å². The highest BCUT2D eigenvalue weighted by molar-refractivity contribution is 5.85. The molecule has 0 fully saturated rings. The molecule has 188 valence electrons. The highest BCUT2D eigenvalue weighted by Crippen LogP contribution is 2.31. The topological polar surface area (TPSA) is 0 Å². The lowest BCUT2D eigenvalue weighted by molar-refractivity contribution is -0.140. The average molecular weight is 505 g/mol. The summed E-state index contributed by atoms with van der Waals surface area (Å²) in [4.78, 5) is 0. The molecular weight excluding hydrogens is 479 g/mol. The van der Waals surface area contributed by atoms with E-state index in [2.05, 4.69) is 48.3 Å². The van der Waals surface area contributed by atoms with E-state index in [1.165, 1.54) is 17.2 Å². The lowest BCUT2D eigenvalue weighted by Gasteiger charge is -2.08. The molecule has 0 aliphatic carbocycles. The van der Waals surface area contributed by atoms with Gasteiger partial charge in [-0.05, 0) is 78.9 Å². The summed E-state index contributed by atoms with van der Waals surface area (Å²) < 4.78 is 67.0. The van der Waals surface area contributed by atoms with Crippen molar-refractivity contribution < 1.29 is 22.0 Å². The van der Waals surface area contributed by atoms with Gasteiger partial charge < -0.3 is 0 Å². The molecule has 0 saturated carbocycles. The minimum atomic E-state index is -4.78. The number of fused-ring (bicyclic) bond motifs is 1. The minimum Gasteiger partial charge on any atom is -0.206 e. The SMILES string of the molecule is C/C=C/CCc1ccc(CCc2ccc3c(F)c(C#Cc4ccc(C(F)(F)F)c(F)c4)ccc3c2)cc1. The maximum atomic E-state index is 15.1. The van der Waals surface area contributed by atoms with Crippen LogP contribution >= 0.6 is 0 Å². The van der Waals surface area contributed by atoms with Gasteiger partial charge in [0.25, 0.3) is 0 Å². The van der Waals surface area contributed by atoms with Crippen molar-refractivity contribution in [2.24, 2.45) is 0 Å². The van der Waals surface area contributed by atoms with Crippen LogP contribution in [-0.4, -0.2) is 0 Å². The zero-order valence-corrected chi connectivity index (χ0v) is 20.3. The van der Waals surface area contributed by atoms with E-state index in [1.807, 2.05) is 19.1 Å². The maximum Gasteiger partial charge on any atom is 0.419 e. The first-order valence-corrected chi connectivity index (χ1v) is 12.0. The van der Waals surface area contributed by atoms with Gasteiger partial charge in [-0.2, -0.15) is 13.2 Å². The number of rotatable bonds is 6. The second kappa shape index (κ2) is 11.4. The van der Waals surface area contributed by atoms with Gasteiger partial charge in [0.05, 0.1) is 11.1 Å². The summed E-state index contributed by atoms with van der Waals surface area (Å²) >= 11 is 0. The van der Waals surface area contributed by atoms with Gasteiger partial charge in [0.1, 0.15) is 11.6 Å². The Balaban J connectivity index is 1.46. The first kappa shape index (κ1) is 26.2. The van der Waals surface area contributed by atoms with Gasteiger partial charge in [-0.3, -0.25) is 0 Å². The van der Waals surface area contributed by atoms with E-state index in [0.717, 1.165) is 42.7 Å². The molecule has 0 amide bonds. The largest absolute Gasteiger partial charge is 0.419 e. The molecule has 0 aromatic heterocycles. The van der Waals surface area contributed by atoms with E-state index >= 15 is 4.39 Å². The molecule has 0 unspecified atom stereocenters. The molecule has 0 radical (unpaired) electrons. The van der Waals surface area contributed by atoms with Gasteiger partial charge in [-0.1, -0.05) is 72.5 Å². The smallest absolute Gasteiger partial charge is 0.206 e. The molecule has 0 aliphatic heterocycles. The fraction of sp³-hybridized carbons (Fsp3) is 0.188. The Morgan fingerprint density at radius 2 is 1.41 bits per heavy atom. The molecule has 4 aromatic rings. The number of hydrogen-bond donors (Lipinski definition) is 0. The number of benzene rings is 4. The summed E-state index contributed by atoms with van der Waals surface area (Å²) in [5.74, 6) is 3.24. The number of allylic oxidation sites excluding steroid dienone is 2. The first-order valence-electron chi connectivity index (χ1n) is 12.0. The van der Waals surface area contributed by atoms with Crippen molar-refractivity contribution in [3.05, 3.63) is 130 Å². The van der Waals surface area contributed by atoms with E-state index < -0.39 is 23.4 Å². The molecule has 37 heavy (non-hydrogen) atoms. The zero-order chi connectivity index (χ0) is 26.4. The van der Waals surface area contributed by atoms with Crippen molar-refractivity contribution >= 4 is 10.8 Å². The fourth-order valence-electron chi connectivity index (χ4n) is 4.13. The molecule has 0 heterocycles. The molecular formula is C32H25F5. The summed E-state index contributed by atoms with van der Waals surface area (Å²) in [6, 6.07) is 19.9. The second-order valence-electron chi connectivity index (χ2n) is 8.85. The lowest BCUT2D eigenvalue weighted by Crippen LogP contribution is -2.07. The van der Waals surface area contributed by atoms with Gasteiger partial charge in [0, 0.05) is 10.9 Å². The van der Waals surface area contributed by atoms with E-state index in [9.17, 15) is 17.6 Å². The van der Waals surface area contributed by atoms with Gasteiger partial charge in [0.15, 0.2) is 0 Å². The van der Waals surface area contributed by atoms with Crippen LogP contribution in [0.15, 0.2) is 84.9 Å². The standard InChI is InChI=1S/C32H25F5/c1-2-3-4-5-22-6-8-23(9-7-22)10-11-24-13-18-28-27(20-24)17-16-26(31(28)34)15-12-25-14-19-29(30(33)21-25)32(35,36)37/h2-3,6-9,13-14,16-21H,4-5,10-11H2,1H3/b3-2+. The van der Waals surface area contributed by atoms with Crippen LogP contribution in [0.5, 0.6) is 0 Å². The summed E-state index contributed by atoms with van der Waals surface area (Å²) in [5.41, 5.74) is 2.41. The summed E-state index contributed by atoms with van der Waals surface area (Å²) in [6.07, 6.45) is 3.18. The highest BCUT2D eigenvalue weighted by Gasteiger charge is 2.33. The lowest BCUT2D eigenvalue weighted by atomic mass is 9.98. The molecule has 0 N–H and O–H groups in total. The summed E-state index contributed by atoms with van der Waals surface area (Å²) in [6.45, 7) is 2.02. The Morgan fingerprint density at radius 3 is 2.08 bits per heavy atom. The normalized spacial score (nSPS) is 11.6. The molecule has 0 atom stereocenters. The van der Waals surface area contributed by atoms with Crippen molar-refractivity contribution in [3.8, 4) is 11.8 Å². The molecule has 0 bridgehead atoms. The summed E-state index contributed by atoms with van der Waals surface area (Å²) in [7, 11) is 0. The second-order valence-corrected chi connectivity index (χ2v) is 8.85. The molecule has 5 heteroatoms. The van der Waals surface area contributed by atoms with Crippen molar-refractivity contribution in [2.45, 2.75) is 38.8 Å². The van der Waals surface area contributed by atoms with Crippen LogP contribution in [0, 0.1) is 23.5 Å². The number of alkyl halides is 3. The van der Waals surface area contributed by atoms with Crippen molar-refractivity contribution in [3.63, 3.8) is 0 Å². The number of hydrogen-bond acceptors (Lipinski definition) is 0. The van der Waals surface area contributed by atoms with E-state index in [0.29, 0.717) is 17.5 Å². The Morgan fingerprint density at radius 1 is 0.730 bits per heavy atom. The Bertz CT molecular complexity index is 1480. The van der Waals surface area contributed by atoms with Crippen LogP contribution in [0.25, 0.3) is 10.8 Å². The maximum absolute atomic E-state index is 15.1. The quantitative estimate of drug-likeness (QED) is 0.140. The van der Waals surface area contributed by atoms with Crippen LogP contribution in [0.2, 0.25) is 0 Å². The predicted molar refractivity (Wildman–Crippen MR) is 138 cm³/mol. The molecule has 0 nitrogen and oxygen atoms in total. The van der Waals surface area contributed by atoms with Crippen LogP contribution in [0.3, 0.4) is 0 Å². The predicted octanol–water partition coefficient (Wildman–Crippen LogP) is 8.83. The number of halogens is 5. The molecule has 0 saturated heterocycles. The Hall–Kier alpha value is -3.91. The molecule has 0 spiro atoms. The van der Waals surface area contributed by atoms with E-state index in [4.69, 9.17) is 0 Å². The third kappa shape index (κ3) is 6.65. The molecule has 0 aliphatic rings. The van der Waals surface area contributed by atoms with Gasteiger partial charge in [-0.15, -0.1) is 0 Å². The third-order valence-electron chi connectivity index (χ3n) is 6.20. The average Bonchev–Trinajstić information content (AvgIpc) is 2.87. The number of aryl methyl sites for hydroxylation is 3. The highest BCUT2D eigenvalue weighted by atomic mass is 19.4. The van der Waals surface area contributed by atoms with Crippen molar-refractivity contribution in [1.29, 1.82) is 0 Å². The first-order chi connectivity index (χ1) is 17.7. The van der Waals surface area contributed by atoms with E-state index in [-0.39, 0.29) is 11.1 Å². The Labute approximate surface area is 213 Å².